The highest BCUT2D eigenvalue weighted by Gasteiger charge is 2.09. The van der Waals surface area contributed by atoms with Crippen LogP contribution in [0.5, 0.6) is 5.75 Å². The van der Waals surface area contributed by atoms with Crippen molar-refractivity contribution >= 4 is 0 Å². The van der Waals surface area contributed by atoms with E-state index in [1.807, 2.05) is 12.1 Å². The quantitative estimate of drug-likeness (QED) is 0.666. The molecule has 4 heteroatoms. The van der Waals surface area contributed by atoms with E-state index in [1.54, 1.807) is 14.2 Å². The van der Waals surface area contributed by atoms with Gasteiger partial charge in [-0.1, -0.05) is 12.1 Å². The molecule has 0 fully saturated rings. The maximum atomic E-state index is 5.17. The molecule has 0 radical (unpaired) electrons. The van der Waals surface area contributed by atoms with Gasteiger partial charge in [-0.05, 0) is 44.6 Å². The van der Waals surface area contributed by atoms with Crippen LogP contribution in [0.4, 0.5) is 0 Å². The summed E-state index contributed by atoms with van der Waals surface area (Å²) in [6, 6.07) is 8.76. The number of ether oxygens (including phenoxy) is 2. The second-order valence-electron chi connectivity index (χ2n) is 5.16. The molecule has 0 heterocycles. The molecule has 114 valence electrons. The highest BCUT2D eigenvalue weighted by atomic mass is 16.5. The number of likely N-dealkylation sites (N-methyl/N-ethyl adjacent to an activating group) is 1. The first-order valence-electron chi connectivity index (χ1n) is 7.20. The first kappa shape index (κ1) is 17.0. The molecule has 0 amide bonds. The lowest BCUT2D eigenvalue weighted by Crippen LogP contribution is -2.37. The summed E-state index contributed by atoms with van der Waals surface area (Å²) < 4.78 is 10.2. The summed E-state index contributed by atoms with van der Waals surface area (Å²) in [6.07, 6.45) is 1.06. The normalized spacial score (nSPS) is 12.7. The lowest BCUT2D eigenvalue weighted by atomic mass is 10.2. The molecular formula is C16H28N2O2. The Labute approximate surface area is 123 Å². The van der Waals surface area contributed by atoms with Crippen LogP contribution in [0.15, 0.2) is 24.3 Å². The molecule has 0 saturated heterocycles. The van der Waals surface area contributed by atoms with E-state index in [1.165, 1.54) is 5.56 Å². The summed E-state index contributed by atoms with van der Waals surface area (Å²) >= 11 is 0. The Morgan fingerprint density at radius 3 is 2.50 bits per heavy atom. The van der Waals surface area contributed by atoms with Gasteiger partial charge in [0.1, 0.15) is 5.75 Å². The van der Waals surface area contributed by atoms with Gasteiger partial charge in [0.2, 0.25) is 0 Å². The van der Waals surface area contributed by atoms with E-state index < -0.39 is 0 Å². The minimum Gasteiger partial charge on any atom is -0.497 e. The molecule has 1 aromatic rings. The number of nitrogens with zero attached hydrogens (tertiary/aromatic N) is 1. The molecule has 1 N–H and O–H groups in total. The zero-order valence-electron chi connectivity index (χ0n) is 13.2. The Morgan fingerprint density at radius 1 is 1.20 bits per heavy atom. The minimum absolute atomic E-state index is 0.500. The third-order valence-electron chi connectivity index (χ3n) is 3.49. The maximum absolute atomic E-state index is 5.17. The van der Waals surface area contributed by atoms with Crippen molar-refractivity contribution in [3.63, 3.8) is 0 Å². The lowest BCUT2D eigenvalue weighted by molar-refractivity contribution is 0.191. The molecule has 1 atom stereocenters. The van der Waals surface area contributed by atoms with Crippen LogP contribution in [0.1, 0.15) is 18.9 Å². The Balaban J connectivity index is 2.27. The highest BCUT2D eigenvalue weighted by Crippen LogP contribution is 2.13. The maximum Gasteiger partial charge on any atom is 0.118 e. The second kappa shape index (κ2) is 9.75. The molecule has 0 saturated carbocycles. The van der Waals surface area contributed by atoms with Crippen molar-refractivity contribution in [1.82, 2.24) is 10.2 Å². The summed E-state index contributed by atoms with van der Waals surface area (Å²) in [7, 11) is 5.59. The molecule has 1 unspecified atom stereocenters. The zero-order chi connectivity index (χ0) is 14.8. The number of rotatable bonds is 10. The fourth-order valence-corrected chi connectivity index (χ4v) is 1.98. The average Bonchev–Trinajstić information content (AvgIpc) is 2.47. The Hall–Kier alpha value is -1.10. The number of hydrogen-bond donors (Lipinski definition) is 1. The second-order valence-corrected chi connectivity index (χ2v) is 5.16. The lowest BCUT2D eigenvalue weighted by Gasteiger charge is -2.25. The fourth-order valence-electron chi connectivity index (χ4n) is 1.98. The van der Waals surface area contributed by atoms with Gasteiger partial charge in [-0.3, -0.25) is 4.90 Å². The molecule has 0 spiro atoms. The van der Waals surface area contributed by atoms with Gasteiger partial charge in [-0.2, -0.15) is 0 Å². The largest absolute Gasteiger partial charge is 0.497 e. The predicted octanol–water partition coefficient (Wildman–Crippen LogP) is 2.14. The number of hydrogen-bond acceptors (Lipinski definition) is 4. The van der Waals surface area contributed by atoms with Crippen LogP contribution in [0.2, 0.25) is 0 Å². The molecule has 0 aromatic heterocycles. The van der Waals surface area contributed by atoms with Crippen LogP contribution in [0.25, 0.3) is 0 Å². The van der Waals surface area contributed by atoms with Crippen molar-refractivity contribution in [2.75, 3.05) is 41.0 Å². The predicted molar refractivity (Wildman–Crippen MR) is 83.3 cm³/mol. The van der Waals surface area contributed by atoms with Gasteiger partial charge < -0.3 is 14.8 Å². The highest BCUT2D eigenvalue weighted by molar-refractivity contribution is 5.27. The van der Waals surface area contributed by atoms with Crippen molar-refractivity contribution in [3.8, 4) is 5.75 Å². The first-order chi connectivity index (χ1) is 9.67. The SMILES string of the molecule is COCCCNCC(C)N(C)Cc1ccc(OC)cc1. The summed E-state index contributed by atoms with van der Waals surface area (Å²) in [5.74, 6) is 0.907. The standard InChI is InChI=1S/C16H28N2O2/c1-14(12-17-10-5-11-19-3)18(2)13-15-6-8-16(20-4)9-7-15/h6-9,14,17H,5,10-13H2,1-4H3. The average molecular weight is 280 g/mol. The molecule has 0 aliphatic rings. The topological polar surface area (TPSA) is 33.7 Å². The van der Waals surface area contributed by atoms with Crippen molar-refractivity contribution in [2.45, 2.75) is 25.9 Å². The smallest absolute Gasteiger partial charge is 0.118 e. The first-order valence-corrected chi connectivity index (χ1v) is 7.20. The monoisotopic (exact) mass is 280 g/mol. The van der Waals surface area contributed by atoms with Gasteiger partial charge in [0, 0.05) is 32.8 Å². The molecule has 0 bridgehead atoms. The third-order valence-corrected chi connectivity index (χ3v) is 3.49. The van der Waals surface area contributed by atoms with Crippen molar-refractivity contribution in [3.05, 3.63) is 29.8 Å². The number of nitrogens with one attached hydrogen (secondary N) is 1. The molecule has 1 rings (SSSR count). The van der Waals surface area contributed by atoms with Crippen molar-refractivity contribution < 1.29 is 9.47 Å². The van der Waals surface area contributed by atoms with Crippen molar-refractivity contribution in [2.24, 2.45) is 0 Å². The van der Waals surface area contributed by atoms with Gasteiger partial charge in [-0.25, -0.2) is 0 Å². The number of methoxy groups -OCH3 is 2. The van der Waals surface area contributed by atoms with E-state index in [2.05, 4.69) is 36.3 Å². The molecular weight excluding hydrogens is 252 g/mol. The molecule has 1 aromatic carbocycles. The summed E-state index contributed by atoms with van der Waals surface area (Å²) in [5, 5.41) is 3.46. The Bertz CT molecular complexity index is 354. The van der Waals surface area contributed by atoms with Crippen LogP contribution in [0.3, 0.4) is 0 Å². The molecule has 4 nitrogen and oxygen atoms in total. The Kier molecular flexibility index (Phi) is 8.26. The zero-order valence-corrected chi connectivity index (χ0v) is 13.2. The summed E-state index contributed by atoms with van der Waals surface area (Å²) in [5.41, 5.74) is 1.31. The van der Waals surface area contributed by atoms with E-state index in [-0.39, 0.29) is 0 Å². The van der Waals surface area contributed by atoms with Crippen molar-refractivity contribution in [1.29, 1.82) is 0 Å². The molecule has 0 aliphatic heterocycles. The van der Waals surface area contributed by atoms with Crippen LogP contribution in [-0.4, -0.2) is 51.9 Å². The van der Waals surface area contributed by atoms with Gasteiger partial charge in [0.25, 0.3) is 0 Å². The third kappa shape index (κ3) is 6.37. The van der Waals surface area contributed by atoms with Gasteiger partial charge in [-0.15, -0.1) is 0 Å². The van der Waals surface area contributed by atoms with Crippen LogP contribution >= 0.6 is 0 Å². The minimum atomic E-state index is 0.500. The van der Waals surface area contributed by atoms with E-state index in [4.69, 9.17) is 9.47 Å². The van der Waals surface area contributed by atoms with Crippen LogP contribution < -0.4 is 10.1 Å². The summed E-state index contributed by atoms with van der Waals surface area (Å²) in [4.78, 5) is 2.35. The Morgan fingerprint density at radius 2 is 1.90 bits per heavy atom. The fraction of sp³-hybridized carbons (Fsp3) is 0.625. The van der Waals surface area contributed by atoms with Gasteiger partial charge in [0.15, 0.2) is 0 Å². The van der Waals surface area contributed by atoms with Gasteiger partial charge >= 0.3 is 0 Å². The van der Waals surface area contributed by atoms with E-state index >= 15 is 0 Å². The van der Waals surface area contributed by atoms with E-state index in [9.17, 15) is 0 Å². The van der Waals surface area contributed by atoms with Gasteiger partial charge in [0.05, 0.1) is 7.11 Å². The van der Waals surface area contributed by atoms with E-state index in [0.717, 1.165) is 38.4 Å². The summed E-state index contributed by atoms with van der Waals surface area (Å²) in [6.45, 7) is 6.02. The molecule has 20 heavy (non-hydrogen) atoms. The molecule has 0 aliphatic carbocycles. The van der Waals surface area contributed by atoms with E-state index in [0.29, 0.717) is 6.04 Å². The van der Waals surface area contributed by atoms with Crippen LogP contribution in [-0.2, 0) is 11.3 Å². The van der Waals surface area contributed by atoms with Crippen LogP contribution in [0, 0.1) is 0 Å². The number of benzene rings is 1.